The molecule has 5 nitrogen and oxygen atoms in total. The van der Waals surface area contributed by atoms with Crippen LogP contribution in [0.4, 0.5) is 10.6 Å². The van der Waals surface area contributed by atoms with Crippen molar-refractivity contribution < 1.29 is 4.79 Å². The van der Waals surface area contributed by atoms with E-state index in [9.17, 15) is 4.79 Å². The number of anilines is 1. The Morgan fingerprint density at radius 2 is 2.05 bits per heavy atom. The number of carbonyl (C=O) groups excluding carboxylic acids is 1. The predicted molar refractivity (Wildman–Crippen MR) is 77.6 cm³/mol. The second-order valence-corrected chi connectivity index (χ2v) is 6.02. The summed E-state index contributed by atoms with van der Waals surface area (Å²) < 4.78 is 0. The number of aryl methyl sites for hydroxylation is 2. The number of nitrogens with one attached hydrogen (secondary N) is 1. The molecule has 0 spiro atoms. The maximum atomic E-state index is 12.4. The Bertz CT molecular complexity index is 513. The van der Waals surface area contributed by atoms with E-state index in [0.717, 1.165) is 30.6 Å². The molecule has 1 unspecified atom stereocenters. The van der Waals surface area contributed by atoms with Crippen molar-refractivity contribution in [3.8, 4) is 0 Å². The van der Waals surface area contributed by atoms with Gasteiger partial charge >= 0.3 is 6.03 Å². The lowest BCUT2D eigenvalue weighted by molar-refractivity contribution is 0.147. The molecule has 1 atom stereocenters. The van der Waals surface area contributed by atoms with Crippen molar-refractivity contribution in [1.29, 1.82) is 0 Å². The van der Waals surface area contributed by atoms with Gasteiger partial charge in [0.15, 0.2) is 5.82 Å². The molecule has 2 heterocycles. The Labute approximate surface area is 119 Å². The molecule has 3 rings (SSSR count). The number of rotatable bonds is 2. The molecule has 0 aromatic carbocycles. The van der Waals surface area contributed by atoms with Gasteiger partial charge in [-0.25, -0.2) is 4.79 Å². The van der Waals surface area contributed by atoms with Crippen LogP contribution in [0.5, 0.6) is 0 Å². The monoisotopic (exact) mass is 274 g/mol. The lowest BCUT2D eigenvalue weighted by Gasteiger charge is -2.36. The highest BCUT2D eigenvalue weighted by atomic mass is 16.2. The summed E-state index contributed by atoms with van der Waals surface area (Å²) in [5, 5.41) is 11.0. The number of hydrogen-bond donors (Lipinski definition) is 1. The summed E-state index contributed by atoms with van der Waals surface area (Å²) >= 11 is 0. The molecule has 0 bridgehead atoms. The average molecular weight is 274 g/mol. The number of hydrogen-bond acceptors (Lipinski definition) is 3. The molecule has 0 radical (unpaired) electrons. The van der Waals surface area contributed by atoms with Gasteiger partial charge in [-0.15, -0.1) is 5.10 Å². The standard InChI is InChI=1S/C15H22N4O/c1-10-9-14(18-17-11(10)2)16-15(20)19-8-4-7-13(19)12-5-3-6-12/h9,12-13H,3-8H2,1-2H3,(H,16,18,20). The maximum absolute atomic E-state index is 12.4. The molecule has 108 valence electrons. The smallest absolute Gasteiger partial charge is 0.321 e. The molecule has 1 saturated carbocycles. The van der Waals surface area contributed by atoms with Gasteiger partial charge in [0.1, 0.15) is 0 Å². The van der Waals surface area contributed by atoms with Crippen LogP contribution in [0.15, 0.2) is 6.07 Å². The number of nitrogens with zero attached hydrogens (tertiary/aromatic N) is 3. The van der Waals surface area contributed by atoms with Crippen LogP contribution in [0.25, 0.3) is 0 Å². The number of aromatic nitrogens is 2. The van der Waals surface area contributed by atoms with Gasteiger partial charge in [-0.05, 0) is 57.1 Å². The zero-order chi connectivity index (χ0) is 14.1. The number of likely N-dealkylation sites (tertiary alicyclic amines) is 1. The van der Waals surface area contributed by atoms with Gasteiger partial charge in [-0.1, -0.05) is 6.42 Å². The predicted octanol–water partition coefficient (Wildman–Crippen LogP) is 2.89. The van der Waals surface area contributed by atoms with Gasteiger partial charge in [-0.3, -0.25) is 5.32 Å². The van der Waals surface area contributed by atoms with Crippen LogP contribution < -0.4 is 5.32 Å². The third-order valence-corrected chi connectivity index (χ3v) is 4.72. The van der Waals surface area contributed by atoms with E-state index in [-0.39, 0.29) is 6.03 Å². The summed E-state index contributed by atoms with van der Waals surface area (Å²) in [5.41, 5.74) is 1.95. The molecule has 1 saturated heterocycles. The number of urea groups is 1. The Kier molecular flexibility index (Phi) is 3.59. The highest BCUT2D eigenvalue weighted by Crippen LogP contribution is 2.37. The second kappa shape index (κ2) is 5.38. The highest BCUT2D eigenvalue weighted by molar-refractivity contribution is 5.88. The van der Waals surface area contributed by atoms with Crippen molar-refractivity contribution in [3.05, 3.63) is 17.3 Å². The molecule has 5 heteroatoms. The molecular formula is C15H22N4O. The molecule has 1 aromatic heterocycles. The van der Waals surface area contributed by atoms with Crippen molar-refractivity contribution in [2.45, 2.75) is 52.0 Å². The molecule has 2 fully saturated rings. The van der Waals surface area contributed by atoms with Crippen LogP contribution in [0.2, 0.25) is 0 Å². The summed E-state index contributed by atoms with van der Waals surface area (Å²) in [4.78, 5) is 14.4. The zero-order valence-corrected chi connectivity index (χ0v) is 12.2. The van der Waals surface area contributed by atoms with Crippen LogP contribution >= 0.6 is 0 Å². The van der Waals surface area contributed by atoms with E-state index in [1.54, 1.807) is 0 Å². The van der Waals surface area contributed by atoms with E-state index in [1.165, 1.54) is 19.3 Å². The van der Waals surface area contributed by atoms with Gasteiger partial charge < -0.3 is 4.90 Å². The van der Waals surface area contributed by atoms with E-state index in [0.29, 0.717) is 17.8 Å². The summed E-state index contributed by atoms with van der Waals surface area (Å²) in [6.45, 7) is 4.76. The van der Waals surface area contributed by atoms with Crippen LogP contribution in [0.3, 0.4) is 0 Å². The molecule has 2 aliphatic rings. The van der Waals surface area contributed by atoms with Gasteiger partial charge in [0.25, 0.3) is 0 Å². The molecule has 1 aromatic rings. The lowest BCUT2D eigenvalue weighted by atomic mass is 9.79. The van der Waals surface area contributed by atoms with E-state index >= 15 is 0 Å². The van der Waals surface area contributed by atoms with Crippen LogP contribution in [-0.4, -0.2) is 33.7 Å². The zero-order valence-electron chi connectivity index (χ0n) is 12.2. The van der Waals surface area contributed by atoms with Crippen molar-refractivity contribution in [1.82, 2.24) is 15.1 Å². The molecule has 1 aliphatic carbocycles. The fourth-order valence-electron chi connectivity index (χ4n) is 3.15. The summed E-state index contributed by atoms with van der Waals surface area (Å²) in [5.74, 6) is 1.27. The van der Waals surface area contributed by atoms with Crippen molar-refractivity contribution >= 4 is 11.8 Å². The van der Waals surface area contributed by atoms with Crippen molar-refractivity contribution in [3.63, 3.8) is 0 Å². The normalized spacial score (nSPS) is 22.7. The van der Waals surface area contributed by atoms with E-state index in [1.807, 2.05) is 24.8 Å². The van der Waals surface area contributed by atoms with Crippen LogP contribution in [-0.2, 0) is 0 Å². The SMILES string of the molecule is Cc1cc(NC(=O)N2CCCC2C2CCC2)nnc1C. The molecule has 1 aliphatic heterocycles. The Balaban J connectivity index is 1.67. The van der Waals surface area contributed by atoms with E-state index in [4.69, 9.17) is 0 Å². The van der Waals surface area contributed by atoms with Gasteiger partial charge in [0.2, 0.25) is 0 Å². The molecule has 1 N–H and O–H groups in total. The van der Waals surface area contributed by atoms with Crippen molar-refractivity contribution in [2.24, 2.45) is 5.92 Å². The number of carbonyl (C=O) groups is 1. The first-order valence-electron chi connectivity index (χ1n) is 7.53. The summed E-state index contributed by atoms with van der Waals surface area (Å²) in [6.07, 6.45) is 6.14. The number of amides is 2. The fraction of sp³-hybridized carbons (Fsp3) is 0.667. The average Bonchev–Trinajstić information content (AvgIpc) is 2.81. The quantitative estimate of drug-likeness (QED) is 0.902. The topological polar surface area (TPSA) is 58.1 Å². The second-order valence-electron chi connectivity index (χ2n) is 6.02. The van der Waals surface area contributed by atoms with Gasteiger partial charge in [0.05, 0.1) is 5.69 Å². The molecular weight excluding hydrogens is 252 g/mol. The van der Waals surface area contributed by atoms with E-state index in [2.05, 4.69) is 15.5 Å². The first-order chi connectivity index (χ1) is 9.65. The summed E-state index contributed by atoms with van der Waals surface area (Å²) in [6, 6.07) is 2.30. The van der Waals surface area contributed by atoms with Gasteiger partial charge in [-0.2, -0.15) is 5.10 Å². The van der Waals surface area contributed by atoms with Crippen LogP contribution in [0, 0.1) is 19.8 Å². The largest absolute Gasteiger partial charge is 0.323 e. The Hall–Kier alpha value is -1.65. The van der Waals surface area contributed by atoms with E-state index < -0.39 is 0 Å². The third-order valence-electron chi connectivity index (χ3n) is 4.72. The highest BCUT2D eigenvalue weighted by Gasteiger charge is 2.37. The minimum Gasteiger partial charge on any atom is -0.321 e. The minimum atomic E-state index is -0.0167. The van der Waals surface area contributed by atoms with Crippen LogP contribution in [0.1, 0.15) is 43.4 Å². The molecule has 20 heavy (non-hydrogen) atoms. The van der Waals surface area contributed by atoms with Gasteiger partial charge in [0, 0.05) is 12.6 Å². The maximum Gasteiger partial charge on any atom is 0.323 e. The first-order valence-corrected chi connectivity index (χ1v) is 7.53. The van der Waals surface area contributed by atoms with Crippen molar-refractivity contribution in [2.75, 3.05) is 11.9 Å². The Morgan fingerprint density at radius 3 is 2.70 bits per heavy atom. The minimum absolute atomic E-state index is 0.0167. The summed E-state index contributed by atoms with van der Waals surface area (Å²) in [7, 11) is 0. The third kappa shape index (κ3) is 2.49. The Morgan fingerprint density at radius 1 is 1.25 bits per heavy atom. The first kappa shape index (κ1) is 13.3. The fourth-order valence-corrected chi connectivity index (χ4v) is 3.15. The molecule has 2 amide bonds. The lowest BCUT2D eigenvalue weighted by Crippen LogP contribution is -2.44.